The summed E-state index contributed by atoms with van der Waals surface area (Å²) in [5.74, 6) is -0.417. The van der Waals surface area contributed by atoms with Gasteiger partial charge in [-0.1, -0.05) is 42.5 Å². The maximum atomic E-state index is 12.7. The summed E-state index contributed by atoms with van der Waals surface area (Å²) in [4.78, 5) is 26.7. The van der Waals surface area contributed by atoms with Gasteiger partial charge in [-0.05, 0) is 30.7 Å². The Bertz CT molecular complexity index is 785. The summed E-state index contributed by atoms with van der Waals surface area (Å²) < 4.78 is 4.96. The van der Waals surface area contributed by atoms with Gasteiger partial charge >= 0.3 is 5.97 Å². The van der Waals surface area contributed by atoms with Crippen molar-refractivity contribution in [2.24, 2.45) is 0 Å². The summed E-state index contributed by atoms with van der Waals surface area (Å²) in [5.41, 5.74) is 2.80. The number of hydrogen-bond donors (Lipinski definition) is 0. The highest BCUT2D eigenvalue weighted by Crippen LogP contribution is 2.15. The summed E-state index contributed by atoms with van der Waals surface area (Å²) in [6.07, 6.45) is 4.31. The summed E-state index contributed by atoms with van der Waals surface area (Å²) in [7, 11) is 0. The number of carbonyl (C=O) groups excluding carboxylic acids is 2. The van der Waals surface area contributed by atoms with Crippen LogP contribution in [0.15, 0.2) is 60.7 Å². The zero-order valence-electron chi connectivity index (χ0n) is 14.3. The molecule has 0 bridgehead atoms. The van der Waals surface area contributed by atoms with Crippen LogP contribution in [-0.2, 0) is 11.3 Å². The summed E-state index contributed by atoms with van der Waals surface area (Å²) in [6.45, 7) is 4.83. The van der Waals surface area contributed by atoms with Gasteiger partial charge in [0.1, 0.15) is 0 Å². The molecule has 4 heteroatoms. The molecular formula is C21H21NO3. The number of hydrogen-bond acceptors (Lipinski definition) is 4. The molecule has 0 saturated heterocycles. The number of esters is 1. The maximum Gasteiger partial charge on any atom is 0.338 e. The molecule has 0 N–H and O–H groups in total. The Labute approximate surface area is 147 Å². The van der Waals surface area contributed by atoms with Crippen molar-refractivity contribution in [3.63, 3.8) is 0 Å². The van der Waals surface area contributed by atoms with Gasteiger partial charge < -0.3 is 4.74 Å². The Morgan fingerprint density at radius 1 is 0.960 bits per heavy atom. The fraction of sp³-hybridized carbons (Fsp3) is 0.238. The van der Waals surface area contributed by atoms with Crippen molar-refractivity contribution in [3.8, 4) is 0 Å². The average molecular weight is 335 g/mol. The van der Waals surface area contributed by atoms with Crippen molar-refractivity contribution in [2.45, 2.75) is 13.5 Å². The quantitative estimate of drug-likeness (QED) is 0.461. The lowest BCUT2D eigenvalue weighted by atomic mass is 10.00. The number of ketones is 1. The van der Waals surface area contributed by atoms with E-state index in [0.29, 0.717) is 23.3 Å². The second kappa shape index (κ2) is 7.90. The largest absolute Gasteiger partial charge is 0.462 e. The molecule has 0 atom stereocenters. The van der Waals surface area contributed by atoms with Crippen LogP contribution in [0.2, 0.25) is 0 Å². The van der Waals surface area contributed by atoms with Crippen LogP contribution in [0, 0.1) is 0 Å². The second-order valence-electron chi connectivity index (χ2n) is 5.99. The van der Waals surface area contributed by atoms with Crippen LogP contribution in [0.4, 0.5) is 0 Å². The van der Waals surface area contributed by atoms with Gasteiger partial charge in [-0.2, -0.15) is 0 Å². The van der Waals surface area contributed by atoms with Gasteiger partial charge in [0.25, 0.3) is 0 Å². The molecule has 1 heterocycles. The minimum atomic E-state index is -0.372. The molecule has 2 aromatic rings. The molecular weight excluding hydrogens is 314 g/mol. The molecule has 0 spiro atoms. The molecule has 3 rings (SSSR count). The van der Waals surface area contributed by atoms with Crippen LogP contribution in [-0.4, -0.2) is 36.3 Å². The number of benzene rings is 2. The van der Waals surface area contributed by atoms with E-state index in [1.165, 1.54) is 0 Å². The molecule has 0 amide bonds. The van der Waals surface area contributed by atoms with E-state index in [4.69, 9.17) is 4.74 Å². The first kappa shape index (κ1) is 17.1. The molecule has 4 nitrogen and oxygen atoms in total. The van der Waals surface area contributed by atoms with E-state index in [1.54, 1.807) is 31.2 Å². The molecule has 2 aromatic carbocycles. The van der Waals surface area contributed by atoms with Gasteiger partial charge in [0.15, 0.2) is 5.78 Å². The van der Waals surface area contributed by atoms with Gasteiger partial charge in [0.2, 0.25) is 0 Å². The van der Waals surface area contributed by atoms with Crippen molar-refractivity contribution in [3.05, 3.63) is 82.9 Å². The van der Waals surface area contributed by atoms with E-state index in [9.17, 15) is 9.59 Å². The highest BCUT2D eigenvalue weighted by molar-refractivity contribution is 6.09. The third-order valence-electron chi connectivity index (χ3n) is 4.15. The molecule has 0 fully saturated rings. The molecule has 0 aromatic heterocycles. The van der Waals surface area contributed by atoms with Crippen molar-refractivity contribution < 1.29 is 14.3 Å². The lowest BCUT2D eigenvalue weighted by Crippen LogP contribution is -2.19. The molecule has 0 radical (unpaired) electrons. The predicted molar refractivity (Wildman–Crippen MR) is 96.7 cm³/mol. The summed E-state index contributed by atoms with van der Waals surface area (Å²) in [5, 5.41) is 0. The topological polar surface area (TPSA) is 46.6 Å². The molecule has 0 aliphatic carbocycles. The van der Waals surface area contributed by atoms with Crippen molar-refractivity contribution in [1.29, 1.82) is 0 Å². The number of ether oxygens (including phenoxy) is 1. The van der Waals surface area contributed by atoms with Gasteiger partial charge in [0, 0.05) is 30.8 Å². The first-order chi connectivity index (χ1) is 12.2. The Kier molecular flexibility index (Phi) is 5.41. The molecule has 1 aliphatic rings. The third kappa shape index (κ3) is 4.22. The zero-order valence-corrected chi connectivity index (χ0v) is 14.3. The summed E-state index contributed by atoms with van der Waals surface area (Å²) >= 11 is 0. The first-order valence-electron chi connectivity index (χ1n) is 8.45. The Hall–Kier alpha value is -2.72. The number of carbonyl (C=O) groups is 2. The first-order valence-corrected chi connectivity index (χ1v) is 8.45. The van der Waals surface area contributed by atoms with Gasteiger partial charge in [0.05, 0.1) is 12.2 Å². The van der Waals surface area contributed by atoms with Gasteiger partial charge in [-0.15, -0.1) is 0 Å². The molecule has 1 aliphatic heterocycles. The minimum absolute atomic E-state index is 0.0446. The van der Waals surface area contributed by atoms with Gasteiger partial charge in [-0.3, -0.25) is 9.69 Å². The van der Waals surface area contributed by atoms with E-state index in [0.717, 1.165) is 25.2 Å². The van der Waals surface area contributed by atoms with E-state index < -0.39 is 0 Å². The van der Waals surface area contributed by atoms with Crippen LogP contribution in [0.25, 0.3) is 0 Å². The van der Waals surface area contributed by atoms with Crippen molar-refractivity contribution >= 4 is 11.8 Å². The van der Waals surface area contributed by atoms with E-state index >= 15 is 0 Å². The highest BCUT2D eigenvalue weighted by Gasteiger charge is 2.13. The number of nitrogens with zero attached hydrogens (tertiary/aromatic N) is 1. The van der Waals surface area contributed by atoms with Crippen LogP contribution in [0.1, 0.15) is 38.8 Å². The normalized spacial score (nSPS) is 13.8. The number of rotatable bonds is 6. The van der Waals surface area contributed by atoms with Crippen molar-refractivity contribution in [1.82, 2.24) is 4.90 Å². The fourth-order valence-corrected chi connectivity index (χ4v) is 2.86. The Morgan fingerprint density at radius 3 is 2.32 bits per heavy atom. The maximum absolute atomic E-state index is 12.7. The predicted octanol–water partition coefficient (Wildman–Crippen LogP) is 3.47. The average Bonchev–Trinajstić information content (AvgIpc) is 3.15. The van der Waals surface area contributed by atoms with E-state index in [1.807, 2.05) is 24.3 Å². The molecule has 25 heavy (non-hydrogen) atoms. The highest BCUT2D eigenvalue weighted by atomic mass is 16.5. The lowest BCUT2D eigenvalue weighted by molar-refractivity contribution is 0.0526. The van der Waals surface area contributed by atoms with Crippen LogP contribution < -0.4 is 0 Å². The van der Waals surface area contributed by atoms with Crippen molar-refractivity contribution in [2.75, 3.05) is 19.7 Å². The Balaban J connectivity index is 1.73. The third-order valence-corrected chi connectivity index (χ3v) is 4.15. The lowest BCUT2D eigenvalue weighted by Gasteiger charge is -2.15. The minimum Gasteiger partial charge on any atom is -0.462 e. The second-order valence-corrected chi connectivity index (χ2v) is 5.99. The SMILES string of the molecule is CCOC(=O)c1ccc(C(=O)c2cccc(CN3CC=CC3)c2)cc1. The van der Waals surface area contributed by atoms with E-state index in [-0.39, 0.29) is 11.8 Å². The zero-order chi connectivity index (χ0) is 17.6. The van der Waals surface area contributed by atoms with Crippen LogP contribution in [0.5, 0.6) is 0 Å². The fourth-order valence-electron chi connectivity index (χ4n) is 2.86. The van der Waals surface area contributed by atoms with E-state index in [2.05, 4.69) is 17.1 Å². The van der Waals surface area contributed by atoms with Gasteiger partial charge in [-0.25, -0.2) is 4.79 Å². The van der Waals surface area contributed by atoms with Crippen LogP contribution >= 0.6 is 0 Å². The monoisotopic (exact) mass is 335 g/mol. The molecule has 128 valence electrons. The van der Waals surface area contributed by atoms with Crippen LogP contribution in [0.3, 0.4) is 0 Å². The smallest absolute Gasteiger partial charge is 0.338 e. The molecule has 0 unspecified atom stereocenters. The summed E-state index contributed by atoms with van der Waals surface area (Å²) in [6, 6.07) is 14.3. The standard InChI is InChI=1S/C21H21NO3/c1-2-25-21(24)18-10-8-17(9-11-18)20(23)19-7-5-6-16(14-19)15-22-12-3-4-13-22/h3-11,14H,2,12-13,15H2,1H3. The Morgan fingerprint density at radius 2 is 1.64 bits per heavy atom. The molecule has 0 saturated carbocycles.